The van der Waals surface area contributed by atoms with Crippen LogP contribution in [0.25, 0.3) is 0 Å². The minimum atomic E-state index is 0.0734. The first-order valence-electron chi connectivity index (χ1n) is 7.23. The van der Waals surface area contributed by atoms with Crippen LogP contribution in [0, 0.1) is 12.3 Å². The monoisotopic (exact) mass is 278 g/mol. The van der Waals surface area contributed by atoms with Gasteiger partial charge in [0.15, 0.2) is 0 Å². The van der Waals surface area contributed by atoms with E-state index in [0.717, 1.165) is 18.4 Å². The van der Waals surface area contributed by atoms with E-state index in [9.17, 15) is 5.11 Å². The molecular weight excluding hydrogens is 252 g/mol. The number of benzene rings is 1. The largest absolute Gasteiger partial charge is 0.392 e. The molecular formula is C17H26O3. The highest BCUT2D eigenvalue weighted by Gasteiger charge is 2.40. The van der Waals surface area contributed by atoms with Crippen molar-refractivity contribution in [3.8, 4) is 0 Å². The third kappa shape index (κ3) is 2.50. The van der Waals surface area contributed by atoms with E-state index in [4.69, 9.17) is 9.47 Å². The predicted octanol–water partition coefficient (Wildman–Crippen LogP) is 2.95. The maximum Gasteiger partial charge on any atom is 0.0878 e. The van der Waals surface area contributed by atoms with Gasteiger partial charge in [0.05, 0.1) is 19.3 Å². The predicted molar refractivity (Wildman–Crippen MR) is 79.9 cm³/mol. The molecule has 0 radical (unpaired) electrons. The molecule has 0 fully saturated rings. The lowest BCUT2D eigenvalue weighted by atomic mass is 9.87. The normalized spacial score (nSPS) is 20.2. The number of aliphatic hydroxyl groups is 1. The lowest BCUT2D eigenvalue weighted by Crippen LogP contribution is -2.19. The average molecular weight is 278 g/mol. The van der Waals surface area contributed by atoms with Crippen molar-refractivity contribution in [2.45, 2.75) is 46.3 Å². The van der Waals surface area contributed by atoms with E-state index >= 15 is 0 Å². The molecule has 1 atom stereocenters. The van der Waals surface area contributed by atoms with Gasteiger partial charge < -0.3 is 14.6 Å². The van der Waals surface area contributed by atoms with Crippen molar-refractivity contribution in [2.24, 2.45) is 5.41 Å². The first kappa shape index (κ1) is 15.5. The maximum atomic E-state index is 9.68. The summed E-state index contributed by atoms with van der Waals surface area (Å²) in [7, 11) is 3.49. The molecule has 1 aromatic carbocycles. The molecule has 1 N–H and O–H groups in total. The molecule has 3 nitrogen and oxygen atoms in total. The van der Waals surface area contributed by atoms with Crippen molar-refractivity contribution < 1.29 is 14.6 Å². The van der Waals surface area contributed by atoms with Crippen LogP contribution in [-0.2, 0) is 28.9 Å². The average Bonchev–Trinajstić information content (AvgIpc) is 2.67. The fourth-order valence-corrected chi connectivity index (χ4v) is 3.58. The molecule has 0 bridgehead atoms. The minimum absolute atomic E-state index is 0.0734. The summed E-state index contributed by atoms with van der Waals surface area (Å²) in [4.78, 5) is 0. The van der Waals surface area contributed by atoms with Crippen molar-refractivity contribution >= 4 is 0 Å². The Bertz CT molecular complexity index is 491. The smallest absolute Gasteiger partial charge is 0.0878 e. The van der Waals surface area contributed by atoms with Gasteiger partial charge in [0.1, 0.15) is 0 Å². The highest BCUT2D eigenvalue weighted by atomic mass is 16.5. The second-order valence-electron chi connectivity index (χ2n) is 6.39. The summed E-state index contributed by atoms with van der Waals surface area (Å²) in [6.45, 7) is 7.41. The molecule has 0 amide bonds. The van der Waals surface area contributed by atoms with Crippen molar-refractivity contribution in [3.05, 3.63) is 33.9 Å². The molecule has 1 aliphatic rings. The summed E-state index contributed by atoms with van der Waals surface area (Å²) in [5.41, 5.74) is 6.30. The van der Waals surface area contributed by atoms with Gasteiger partial charge in [0.25, 0.3) is 0 Å². The molecule has 1 aromatic rings. The fraction of sp³-hybridized carbons (Fsp3) is 0.647. The fourth-order valence-electron chi connectivity index (χ4n) is 3.58. The Morgan fingerprint density at radius 1 is 1.35 bits per heavy atom. The van der Waals surface area contributed by atoms with E-state index in [-0.39, 0.29) is 18.1 Å². The van der Waals surface area contributed by atoms with Crippen LogP contribution in [0.5, 0.6) is 0 Å². The third-order valence-corrected chi connectivity index (χ3v) is 4.56. The van der Waals surface area contributed by atoms with Gasteiger partial charge >= 0.3 is 0 Å². The van der Waals surface area contributed by atoms with Crippen molar-refractivity contribution in [1.29, 1.82) is 0 Å². The van der Waals surface area contributed by atoms with Crippen molar-refractivity contribution in [1.82, 2.24) is 0 Å². The lowest BCUT2D eigenvalue weighted by molar-refractivity contribution is 0.0189. The van der Waals surface area contributed by atoms with E-state index in [1.807, 2.05) is 0 Å². The second-order valence-corrected chi connectivity index (χ2v) is 6.39. The van der Waals surface area contributed by atoms with Gasteiger partial charge in [-0.25, -0.2) is 0 Å². The number of hydrogen-bond acceptors (Lipinski definition) is 3. The molecule has 3 heteroatoms. The Morgan fingerprint density at radius 2 is 2.05 bits per heavy atom. The SMILES string of the molecule is COCCc1c(CO)cc2c(c1C)CC(C)(C)C2OC. The third-order valence-electron chi connectivity index (χ3n) is 4.56. The molecule has 20 heavy (non-hydrogen) atoms. The molecule has 0 saturated heterocycles. The number of methoxy groups -OCH3 is 2. The molecule has 0 aliphatic heterocycles. The second kappa shape index (κ2) is 5.84. The first-order valence-corrected chi connectivity index (χ1v) is 7.23. The van der Waals surface area contributed by atoms with Crippen molar-refractivity contribution in [2.75, 3.05) is 20.8 Å². The summed E-state index contributed by atoms with van der Waals surface area (Å²) in [5.74, 6) is 0. The number of aliphatic hydroxyl groups excluding tert-OH is 1. The van der Waals surface area contributed by atoms with Crippen LogP contribution < -0.4 is 0 Å². The van der Waals surface area contributed by atoms with Gasteiger partial charge in [-0.3, -0.25) is 0 Å². The minimum Gasteiger partial charge on any atom is -0.392 e. The quantitative estimate of drug-likeness (QED) is 0.900. The highest BCUT2D eigenvalue weighted by Crippen LogP contribution is 2.49. The Hall–Kier alpha value is -0.900. The Labute approximate surface area is 121 Å². The first-order chi connectivity index (χ1) is 9.46. The Kier molecular flexibility index (Phi) is 4.52. The lowest BCUT2D eigenvalue weighted by Gasteiger charge is -2.26. The Morgan fingerprint density at radius 3 is 2.60 bits per heavy atom. The van der Waals surface area contributed by atoms with Gasteiger partial charge in [-0.05, 0) is 53.0 Å². The maximum absolute atomic E-state index is 9.68. The van der Waals surface area contributed by atoms with E-state index in [1.165, 1.54) is 22.3 Å². The van der Waals surface area contributed by atoms with Gasteiger partial charge in [-0.15, -0.1) is 0 Å². The number of ether oxygens (including phenoxy) is 2. The van der Waals surface area contributed by atoms with Crippen LogP contribution in [0.2, 0.25) is 0 Å². The van der Waals surface area contributed by atoms with Gasteiger partial charge in [-0.2, -0.15) is 0 Å². The summed E-state index contributed by atoms with van der Waals surface area (Å²) >= 11 is 0. The van der Waals surface area contributed by atoms with E-state index in [2.05, 4.69) is 26.8 Å². The van der Waals surface area contributed by atoms with Crippen LogP contribution in [0.15, 0.2) is 6.07 Å². The van der Waals surface area contributed by atoms with E-state index in [1.54, 1.807) is 14.2 Å². The van der Waals surface area contributed by atoms with Crippen LogP contribution in [-0.4, -0.2) is 25.9 Å². The van der Waals surface area contributed by atoms with Crippen LogP contribution >= 0.6 is 0 Å². The summed E-state index contributed by atoms with van der Waals surface area (Å²) in [6, 6.07) is 2.14. The Balaban J connectivity index is 2.52. The van der Waals surface area contributed by atoms with Gasteiger partial charge in [0, 0.05) is 14.2 Å². The summed E-state index contributed by atoms with van der Waals surface area (Å²) in [5, 5.41) is 9.68. The van der Waals surface area contributed by atoms with Gasteiger partial charge in [0.2, 0.25) is 0 Å². The highest BCUT2D eigenvalue weighted by molar-refractivity contribution is 5.50. The number of fused-ring (bicyclic) bond motifs is 1. The van der Waals surface area contributed by atoms with E-state index in [0.29, 0.717) is 6.61 Å². The molecule has 0 heterocycles. The summed E-state index contributed by atoms with van der Waals surface area (Å²) in [6.07, 6.45) is 1.99. The van der Waals surface area contributed by atoms with Crippen molar-refractivity contribution in [3.63, 3.8) is 0 Å². The van der Waals surface area contributed by atoms with Gasteiger partial charge in [-0.1, -0.05) is 19.9 Å². The number of rotatable bonds is 5. The summed E-state index contributed by atoms with van der Waals surface area (Å²) < 4.78 is 10.9. The molecule has 0 saturated carbocycles. The zero-order valence-electron chi connectivity index (χ0n) is 13.2. The number of hydrogen-bond donors (Lipinski definition) is 1. The van der Waals surface area contributed by atoms with Crippen LogP contribution in [0.3, 0.4) is 0 Å². The molecule has 1 aliphatic carbocycles. The standard InChI is InChI=1S/C17H26O3/c1-11-13(6-7-19-4)12(10-18)8-14-15(11)9-17(2,3)16(14)20-5/h8,16,18H,6-7,9-10H2,1-5H3. The topological polar surface area (TPSA) is 38.7 Å². The van der Waals surface area contributed by atoms with E-state index < -0.39 is 0 Å². The molecule has 2 rings (SSSR count). The van der Waals surface area contributed by atoms with Crippen LogP contribution in [0.1, 0.15) is 47.8 Å². The molecule has 0 spiro atoms. The molecule has 0 aromatic heterocycles. The molecule has 1 unspecified atom stereocenters. The zero-order valence-corrected chi connectivity index (χ0v) is 13.2. The van der Waals surface area contributed by atoms with Crippen LogP contribution in [0.4, 0.5) is 0 Å². The molecule has 112 valence electrons. The zero-order chi connectivity index (χ0) is 14.9.